The van der Waals surface area contributed by atoms with Crippen LogP contribution < -0.4 is 0 Å². The maximum absolute atomic E-state index is 12.0. The summed E-state index contributed by atoms with van der Waals surface area (Å²) in [6.45, 7) is 2.81. The largest absolute Gasteiger partial charge is 0.477 e. The molecule has 0 aliphatic carbocycles. The summed E-state index contributed by atoms with van der Waals surface area (Å²) in [4.78, 5) is 28.0. The molecular formula is C13H18N2O3. The zero-order valence-corrected chi connectivity index (χ0v) is 10.7. The van der Waals surface area contributed by atoms with Crippen LogP contribution in [0.5, 0.6) is 0 Å². The normalized spacial score (nSPS) is 10.1. The molecule has 1 heterocycles. The molecule has 0 spiro atoms. The van der Waals surface area contributed by atoms with Crippen LogP contribution in [0.15, 0.2) is 18.3 Å². The van der Waals surface area contributed by atoms with Crippen LogP contribution >= 0.6 is 0 Å². The molecule has 0 atom stereocenters. The molecule has 0 saturated heterocycles. The van der Waals surface area contributed by atoms with E-state index in [1.165, 1.54) is 18.3 Å². The van der Waals surface area contributed by atoms with Crippen LogP contribution in [0.2, 0.25) is 0 Å². The molecule has 0 aliphatic rings. The average molecular weight is 250 g/mol. The first-order chi connectivity index (χ1) is 8.56. The summed E-state index contributed by atoms with van der Waals surface area (Å²) in [6.07, 6.45) is 4.48. The Morgan fingerprint density at radius 1 is 1.33 bits per heavy atom. The second kappa shape index (κ2) is 6.74. The molecule has 0 saturated carbocycles. The highest BCUT2D eigenvalue weighted by Gasteiger charge is 2.12. The number of carbonyl (C=O) groups excluding carboxylic acids is 1. The first kappa shape index (κ1) is 14.2. The second-order valence-corrected chi connectivity index (χ2v) is 4.17. The zero-order valence-electron chi connectivity index (χ0n) is 10.7. The minimum Gasteiger partial charge on any atom is -0.477 e. The number of hydrogen-bond donors (Lipinski definition) is 1. The maximum atomic E-state index is 12.0. The minimum absolute atomic E-state index is 0.0554. The van der Waals surface area contributed by atoms with Gasteiger partial charge in [0.25, 0.3) is 5.91 Å². The first-order valence-corrected chi connectivity index (χ1v) is 6.01. The quantitative estimate of drug-likeness (QED) is 0.784. The summed E-state index contributed by atoms with van der Waals surface area (Å²) in [5.41, 5.74) is 0.360. The molecule has 0 fully saturated rings. The van der Waals surface area contributed by atoms with Gasteiger partial charge in [-0.1, -0.05) is 19.8 Å². The van der Waals surface area contributed by atoms with Gasteiger partial charge < -0.3 is 10.0 Å². The van der Waals surface area contributed by atoms with Gasteiger partial charge in [0.2, 0.25) is 0 Å². The summed E-state index contributed by atoms with van der Waals surface area (Å²) in [7, 11) is 1.74. The van der Waals surface area contributed by atoms with E-state index in [1.54, 1.807) is 11.9 Å². The Kier molecular flexibility index (Phi) is 5.30. The van der Waals surface area contributed by atoms with Crippen LogP contribution in [0, 0.1) is 0 Å². The van der Waals surface area contributed by atoms with Crippen molar-refractivity contribution in [2.24, 2.45) is 0 Å². The molecule has 98 valence electrons. The molecule has 0 aromatic carbocycles. The van der Waals surface area contributed by atoms with Crippen LogP contribution in [0.4, 0.5) is 0 Å². The molecule has 1 rings (SSSR count). The molecule has 1 N–H and O–H groups in total. The number of unbranched alkanes of at least 4 members (excludes halogenated alkanes) is 2. The lowest BCUT2D eigenvalue weighted by molar-refractivity contribution is 0.0688. The fourth-order valence-corrected chi connectivity index (χ4v) is 1.57. The summed E-state index contributed by atoms with van der Waals surface area (Å²) in [5, 5.41) is 8.71. The molecule has 0 radical (unpaired) electrons. The predicted octanol–water partition coefficient (Wildman–Crippen LogP) is 2.04. The van der Waals surface area contributed by atoms with Crippen molar-refractivity contribution in [3.8, 4) is 0 Å². The van der Waals surface area contributed by atoms with Gasteiger partial charge in [-0.2, -0.15) is 0 Å². The smallest absolute Gasteiger partial charge is 0.354 e. The summed E-state index contributed by atoms with van der Waals surface area (Å²) in [5.74, 6) is -1.22. The molecule has 1 aromatic rings. The van der Waals surface area contributed by atoms with Gasteiger partial charge in [0.1, 0.15) is 5.69 Å². The minimum atomic E-state index is -1.09. The molecule has 1 amide bonds. The van der Waals surface area contributed by atoms with E-state index in [1.807, 2.05) is 0 Å². The van der Waals surface area contributed by atoms with Gasteiger partial charge in [0, 0.05) is 19.8 Å². The Balaban J connectivity index is 2.63. The average Bonchev–Trinajstić information content (AvgIpc) is 2.38. The molecule has 1 aromatic heterocycles. The van der Waals surface area contributed by atoms with Gasteiger partial charge in [0.15, 0.2) is 0 Å². The van der Waals surface area contributed by atoms with Crippen molar-refractivity contribution in [1.82, 2.24) is 9.88 Å². The van der Waals surface area contributed by atoms with E-state index < -0.39 is 5.97 Å². The van der Waals surface area contributed by atoms with Gasteiger partial charge >= 0.3 is 5.97 Å². The van der Waals surface area contributed by atoms with E-state index >= 15 is 0 Å². The second-order valence-electron chi connectivity index (χ2n) is 4.17. The third-order valence-corrected chi connectivity index (χ3v) is 2.67. The van der Waals surface area contributed by atoms with Gasteiger partial charge in [-0.05, 0) is 18.6 Å². The number of aromatic nitrogens is 1. The van der Waals surface area contributed by atoms with Gasteiger partial charge in [-0.3, -0.25) is 4.79 Å². The number of pyridine rings is 1. The van der Waals surface area contributed by atoms with Crippen LogP contribution in [0.3, 0.4) is 0 Å². The Labute approximate surface area is 106 Å². The highest BCUT2D eigenvalue weighted by molar-refractivity contribution is 5.94. The lowest BCUT2D eigenvalue weighted by Gasteiger charge is -2.16. The van der Waals surface area contributed by atoms with Crippen molar-refractivity contribution in [2.75, 3.05) is 13.6 Å². The monoisotopic (exact) mass is 250 g/mol. The molecule has 0 aliphatic heterocycles. The standard InChI is InChI=1S/C13H18N2O3/c1-3-4-5-8-15(2)12(16)10-6-7-11(13(17)18)14-9-10/h6-7,9H,3-5,8H2,1-2H3,(H,17,18). The third kappa shape index (κ3) is 3.84. The molecule has 5 heteroatoms. The lowest BCUT2D eigenvalue weighted by atomic mass is 10.2. The van der Waals surface area contributed by atoms with Gasteiger partial charge in [-0.15, -0.1) is 0 Å². The van der Waals surface area contributed by atoms with Crippen molar-refractivity contribution in [2.45, 2.75) is 26.2 Å². The first-order valence-electron chi connectivity index (χ1n) is 6.01. The van der Waals surface area contributed by atoms with Crippen molar-refractivity contribution < 1.29 is 14.7 Å². The van der Waals surface area contributed by atoms with Crippen LogP contribution in [0.25, 0.3) is 0 Å². The number of carboxylic acids is 1. The number of hydrogen-bond acceptors (Lipinski definition) is 3. The topological polar surface area (TPSA) is 70.5 Å². The molecule has 0 unspecified atom stereocenters. The third-order valence-electron chi connectivity index (χ3n) is 2.67. The SMILES string of the molecule is CCCCCN(C)C(=O)c1ccc(C(=O)O)nc1. The molecular weight excluding hydrogens is 232 g/mol. The zero-order chi connectivity index (χ0) is 13.5. The number of nitrogens with zero attached hydrogens (tertiary/aromatic N) is 2. The molecule has 0 bridgehead atoms. The van der Waals surface area contributed by atoms with E-state index in [0.717, 1.165) is 19.3 Å². The van der Waals surface area contributed by atoms with Crippen LogP contribution in [-0.2, 0) is 0 Å². The fourth-order valence-electron chi connectivity index (χ4n) is 1.57. The number of carboxylic acid groups (broad SMARTS) is 1. The Bertz CT molecular complexity index is 415. The Morgan fingerprint density at radius 3 is 2.56 bits per heavy atom. The van der Waals surface area contributed by atoms with E-state index in [9.17, 15) is 9.59 Å². The summed E-state index contributed by atoms with van der Waals surface area (Å²) in [6, 6.07) is 2.84. The number of aromatic carboxylic acids is 1. The van der Waals surface area contributed by atoms with Crippen molar-refractivity contribution >= 4 is 11.9 Å². The predicted molar refractivity (Wildman–Crippen MR) is 67.7 cm³/mol. The van der Waals surface area contributed by atoms with Gasteiger partial charge in [-0.25, -0.2) is 9.78 Å². The highest BCUT2D eigenvalue weighted by atomic mass is 16.4. The summed E-state index contributed by atoms with van der Waals surface area (Å²) < 4.78 is 0. The van der Waals surface area contributed by atoms with Gasteiger partial charge in [0.05, 0.1) is 5.56 Å². The van der Waals surface area contributed by atoms with E-state index in [0.29, 0.717) is 12.1 Å². The Morgan fingerprint density at radius 2 is 2.06 bits per heavy atom. The fraction of sp³-hybridized carbons (Fsp3) is 0.462. The number of rotatable bonds is 6. The van der Waals surface area contributed by atoms with Crippen LogP contribution in [0.1, 0.15) is 47.0 Å². The van der Waals surface area contributed by atoms with Crippen molar-refractivity contribution in [3.63, 3.8) is 0 Å². The Hall–Kier alpha value is -1.91. The summed E-state index contributed by atoms with van der Waals surface area (Å²) >= 11 is 0. The van der Waals surface area contributed by atoms with Crippen LogP contribution in [-0.4, -0.2) is 40.5 Å². The number of carbonyl (C=O) groups is 2. The molecule has 5 nitrogen and oxygen atoms in total. The van der Waals surface area contributed by atoms with Crippen molar-refractivity contribution in [3.05, 3.63) is 29.6 Å². The molecule has 18 heavy (non-hydrogen) atoms. The highest BCUT2D eigenvalue weighted by Crippen LogP contribution is 2.05. The number of amides is 1. The maximum Gasteiger partial charge on any atom is 0.354 e. The lowest BCUT2D eigenvalue weighted by Crippen LogP contribution is -2.27. The van der Waals surface area contributed by atoms with E-state index in [4.69, 9.17) is 5.11 Å². The van der Waals surface area contributed by atoms with E-state index in [2.05, 4.69) is 11.9 Å². The van der Waals surface area contributed by atoms with Crippen molar-refractivity contribution in [1.29, 1.82) is 0 Å². The van der Waals surface area contributed by atoms with E-state index in [-0.39, 0.29) is 11.6 Å².